The van der Waals surface area contributed by atoms with E-state index in [4.69, 9.17) is 0 Å². The largest absolute Gasteiger partial charge is 0.311 e. The summed E-state index contributed by atoms with van der Waals surface area (Å²) >= 11 is 0. The summed E-state index contributed by atoms with van der Waals surface area (Å²) < 4.78 is 23.2. The maximum Gasteiger partial charge on any atom is 0.311 e. The smallest absolute Gasteiger partial charge is 0.304 e. The van der Waals surface area contributed by atoms with Gasteiger partial charge in [0.2, 0.25) is 0 Å². The van der Waals surface area contributed by atoms with E-state index in [1.54, 1.807) is 12.1 Å². The van der Waals surface area contributed by atoms with Crippen molar-refractivity contribution < 1.29 is 13.5 Å². The number of nitrogens with zero attached hydrogens (tertiary/aromatic N) is 2. The Kier molecular flexibility index (Phi) is 6.57. The molecule has 0 radical (unpaired) electrons. The van der Waals surface area contributed by atoms with Crippen LogP contribution in [-0.2, 0) is 16.4 Å². The minimum Gasteiger partial charge on any atom is -0.304 e. The zero-order chi connectivity index (χ0) is 15.9. The van der Waals surface area contributed by atoms with Crippen molar-refractivity contribution in [2.45, 2.75) is 31.6 Å². The molecule has 0 aliphatic carbocycles. The number of aryl methyl sites for hydroxylation is 1. The molecule has 1 aromatic carbocycles. The predicted octanol–water partition coefficient (Wildman–Crippen LogP) is 1.43. The number of hydrogen-bond donors (Lipinski definition) is 1. The first-order chi connectivity index (χ1) is 9.89. The highest BCUT2D eigenvalue weighted by atomic mass is 32.2. The Morgan fingerprint density at radius 1 is 1.19 bits per heavy atom. The number of hydrazine groups is 1. The lowest BCUT2D eigenvalue weighted by Crippen LogP contribution is -2.29. The fourth-order valence-corrected chi connectivity index (χ4v) is 2.83. The molecule has 0 saturated carbocycles. The first kappa shape index (κ1) is 17.4. The Morgan fingerprint density at radius 2 is 1.76 bits per heavy atom. The number of sulfonamides is 1. The van der Waals surface area contributed by atoms with E-state index in [1.165, 1.54) is 17.0 Å². The van der Waals surface area contributed by atoms with Crippen LogP contribution < -0.4 is 4.83 Å². The van der Waals surface area contributed by atoms with Crippen molar-refractivity contribution in [2.24, 2.45) is 0 Å². The SMILES string of the molecule is CCN(CC)CCCc1ccc(S(=O)(=O)N[N+](=O)[O-])cc1. The molecule has 0 heterocycles. The summed E-state index contributed by atoms with van der Waals surface area (Å²) in [6.07, 6.45) is 1.83. The van der Waals surface area contributed by atoms with Crippen LogP contribution in [0.1, 0.15) is 25.8 Å². The van der Waals surface area contributed by atoms with Crippen LogP contribution in [0.4, 0.5) is 0 Å². The maximum atomic E-state index is 11.6. The van der Waals surface area contributed by atoms with Crippen molar-refractivity contribution >= 4 is 10.0 Å². The lowest BCUT2D eigenvalue weighted by molar-refractivity contribution is -0.518. The van der Waals surface area contributed by atoms with Gasteiger partial charge in [-0.25, -0.2) is 10.1 Å². The normalized spacial score (nSPS) is 11.6. The summed E-state index contributed by atoms with van der Waals surface area (Å²) in [6, 6.07) is 6.16. The van der Waals surface area contributed by atoms with E-state index in [9.17, 15) is 18.5 Å². The number of nitrogens with one attached hydrogen (secondary N) is 1. The molecule has 7 nitrogen and oxygen atoms in total. The number of rotatable bonds is 9. The van der Waals surface area contributed by atoms with Crippen LogP contribution in [-0.4, -0.2) is 38.0 Å². The lowest BCUT2D eigenvalue weighted by Gasteiger charge is -2.17. The Morgan fingerprint density at radius 3 is 2.24 bits per heavy atom. The monoisotopic (exact) mass is 315 g/mol. The van der Waals surface area contributed by atoms with Crippen LogP contribution in [0.2, 0.25) is 0 Å². The van der Waals surface area contributed by atoms with E-state index in [1.807, 2.05) is 0 Å². The molecule has 118 valence electrons. The van der Waals surface area contributed by atoms with Crippen LogP contribution in [0, 0.1) is 10.1 Å². The topological polar surface area (TPSA) is 92.6 Å². The van der Waals surface area contributed by atoms with Crippen LogP contribution in [0.3, 0.4) is 0 Å². The summed E-state index contributed by atoms with van der Waals surface area (Å²) in [6.45, 7) is 7.26. The highest BCUT2D eigenvalue weighted by molar-refractivity contribution is 7.89. The van der Waals surface area contributed by atoms with Gasteiger partial charge >= 0.3 is 10.0 Å². The molecule has 1 N–H and O–H groups in total. The van der Waals surface area contributed by atoms with Crippen molar-refractivity contribution in [2.75, 3.05) is 19.6 Å². The van der Waals surface area contributed by atoms with Crippen LogP contribution in [0.25, 0.3) is 0 Å². The molecule has 1 rings (SSSR count). The molecule has 0 atom stereocenters. The summed E-state index contributed by atoms with van der Waals surface area (Å²) in [5, 5.41) is 9.15. The molecule has 0 aromatic heterocycles. The highest BCUT2D eigenvalue weighted by Crippen LogP contribution is 2.12. The summed E-state index contributed by atoms with van der Waals surface area (Å²) in [7, 11) is -4.08. The van der Waals surface area contributed by atoms with Gasteiger partial charge in [0, 0.05) is 0 Å². The first-order valence-electron chi connectivity index (χ1n) is 6.87. The fraction of sp³-hybridized carbons (Fsp3) is 0.538. The lowest BCUT2D eigenvalue weighted by atomic mass is 10.1. The van der Waals surface area contributed by atoms with Crippen molar-refractivity contribution in [1.82, 2.24) is 9.73 Å². The van der Waals surface area contributed by atoms with Gasteiger partial charge in [0.15, 0.2) is 5.03 Å². The van der Waals surface area contributed by atoms with Gasteiger partial charge in [0.05, 0.1) is 4.90 Å². The Balaban J connectivity index is 2.60. The van der Waals surface area contributed by atoms with Crippen molar-refractivity contribution in [3.05, 3.63) is 39.9 Å². The van der Waals surface area contributed by atoms with Gasteiger partial charge in [-0.05, 0) is 55.0 Å². The molecule has 0 spiro atoms. The van der Waals surface area contributed by atoms with Gasteiger partial charge in [-0.3, -0.25) is 0 Å². The van der Waals surface area contributed by atoms with Gasteiger partial charge in [0.1, 0.15) is 0 Å². The molecule has 0 unspecified atom stereocenters. The van der Waals surface area contributed by atoms with Crippen LogP contribution in [0.5, 0.6) is 0 Å². The fourth-order valence-electron chi connectivity index (χ4n) is 2.03. The molecule has 0 aliphatic heterocycles. The van der Waals surface area contributed by atoms with Gasteiger partial charge in [-0.2, -0.15) is 8.42 Å². The van der Waals surface area contributed by atoms with Gasteiger partial charge in [-0.15, -0.1) is 0 Å². The zero-order valence-electron chi connectivity index (χ0n) is 12.3. The second kappa shape index (κ2) is 7.94. The standard InChI is InChI=1S/C13H21N3O4S/c1-3-15(4-2)11-5-6-12-7-9-13(10-8-12)21(19,20)14-16(17)18/h7-10,14H,3-6,11H2,1-2H3. The molecule has 0 saturated heterocycles. The predicted molar refractivity (Wildman–Crippen MR) is 79.9 cm³/mol. The Bertz CT molecular complexity index is 553. The molecule has 8 heteroatoms. The summed E-state index contributed by atoms with van der Waals surface area (Å²) in [5.74, 6) is 0. The average molecular weight is 315 g/mol. The second-order valence-electron chi connectivity index (χ2n) is 4.63. The Labute approximate surface area is 125 Å². The first-order valence-corrected chi connectivity index (χ1v) is 8.35. The maximum absolute atomic E-state index is 11.6. The van der Waals surface area contributed by atoms with E-state index in [0.29, 0.717) is 0 Å². The third-order valence-electron chi connectivity index (χ3n) is 3.26. The van der Waals surface area contributed by atoms with Crippen molar-refractivity contribution in [1.29, 1.82) is 0 Å². The summed E-state index contributed by atoms with van der Waals surface area (Å²) in [5.41, 5.74) is 1.02. The van der Waals surface area contributed by atoms with Crippen LogP contribution in [0.15, 0.2) is 29.2 Å². The number of benzene rings is 1. The van der Waals surface area contributed by atoms with Gasteiger partial charge < -0.3 is 4.90 Å². The van der Waals surface area contributed by atoms with E-state index in [2.05, 4.69) is 18.7 Å². The van der Waals surface area contributed by atoms with Crippen molar-refractivity contribution in [3.63, 3.8) is 0 Å². The highest BCUT2D eigenvalue weighted by Gasteiger charge is 2.18. The zero-order valence-corrected chi connectivity index (χ0v) is 13.1. The third kappa shape index (κ3) is 5.68. The molecular formula is C13H21N3O4S. The molecule has 0 amide bonds. The van der Waals surface area contributed by atoms with Crippen LogP contribution >= 0.6 is 0 Å². The van der Waals surface area contributed by atoms with E-state index in [0.717, 1.165) is 38.0 Å². The van der Waals surface area contributed by atoms with E-state index in [-0.39, 0.29) is 4.90 Å². The quantitative estimate of drug-likeness (QED) is 0.550. The second-order valence-corrected chi connectivity index (χ2v) is 6.29. The average Bonchev–Trinajstić information content (AvgIpc) is 2.43. The molecule has 0 fully saturated rings. The minimum absolute atomic E-state index is 0.105. The molecule has 0 aliphatic rings. The summed E-state index contributed by atoms with van der Waals surface area (Å²) in [4.78, 5) is 13.8. The third-order valence-corrected chi connectivity index (χ3v) is 4.54. The molecular weight excluding hydrogens is 294 g/mol. The minimum atomic E-state index is -4.08. The molecule has 21 heavy (non-hydrogen) atoms. The Hall–Kier alpha value is -1.67. The van der Waals surface area contributed by atoms with Gasteiger partial charge in [0.25, 0.3) is 0 Å². The molecule has 0 bridgehead atoms. The van der Waals surface area contributed by atoms with E-state index < -0.39 is 15.1 Å². The number of nitro groups is 1. The number of hydrogen-bond acceptors (Lipinski definition) is 5. The molecule has 1 aromatic rings. The van der Waals surface area contributed by atoms with E-state index >= 15 is 0 Å². The van der Waals surface area contributed by atoms with Crippen molar-refractivity contribution in [3.8, 4) is 0 Å². The van der Waals surface area contributed by atoms with Gasteiger partial charge in [-0.1, -0.05) is 26.0 Å².